The Kier molecular flexibility index (Phi) is 2.15. The van der Waals surface area contributed by atoms with Crippen LogP contribution in [0.4, 0.5) is 4.39 Å². The van der Waals surface area contributed by atoms with Crippen LogP contribution in [0.15, 0.2) is 30.9 Å². The quantitative estimate of drug-likeness (QED) is 0.648. The second-order valence-electron chi connectivity index (χ2n) is 3.23. The summed E-state index contributed by atoms with van der Waals surface area (Å²) in [4.78, 5) is 0. The molecule has 2 rings (SSSR count). The van der Waals surface area contributed by atoms with Gasteiger partial charge in [-0.25, -0.2) is 4.39 Å². The van der Waals surface area contributed by atoms with Crippen molar-refractivity contribution in [1.29, 1.82) is 0 Å². The molecule has 1 aliphatic heterocycles. The highest BCUT2D eigenvalue weighted by molar-refractivity contribution is 5.35. The van der Waals surface area contributed by atoms with E-state index in [4.69, 9.17) is 0 Å². The molecule has 1 N–H and O–H groups in total. The standard InChI is InChI=1S/C11H12FN/c1-2-11-9-4-3-5-10(12)8(9)6-7-13-11/h2-5,11,13H,1,6-7H2. The molecule has 0 spiro atoms. The summed E-state index contributed by atoms with van der Waals surface area (Å²) >= 11 is 0. The van der Waals surface area contributed by atoms with Gasteiger partial charge in [0.25, 0.3) is 0 Å². The smallest absolute Gasteiger partial charge is 0.126 e. The number of fused-ring (bicyclic) bond motifs is 1. The molecule has 1 unspecified atom stereocenters. The summed E-state index contributed by atoms with van der Waals surface area (Å²) in [5, 5.41) is 3.27. The van der Waals surface area contributed by atoms with Gasteiger partial charge >= 0.3 is 0 Å². The molecule has 1 aliphatic rings. The molecule has 1 atom stereocenters. The molecule has 0 saturated carbocycles. The van der Waals surface area contributed by atoms with E-state index in [0.29, 0.717) is 0 Å². The first kappa shape index (κ1) is 8.45. The topological polar surface area (TPSA) is 12.0 Å². The van der Waals surface area contributed by atoms with Crippen molar-refractivity contribution >= 4 is 0 Å². The Morgan fingerprint density at radius 2 is 2.38 bits per heavy atom. The summed E-state index contributed by atoms with van der Waals surface area (Å²) in [5.41, 5.74) is 1.87. The SMILES string of the molecule is C=CC1NCCc2c(F)cccc21. The molecule has 0 aliphatic carbocycles. The summed E-state index contributed by atoms with van der Waals surface area (Å²) in [5.74, 6) is -0.0918. The molecular formula is C11H12FN. The molecule has 68 valence electrons. The van der Waals surface area contributed by atoms with Crippen LogP contribution in [0, 0.1) is 5.82 Å². The Morgan fingerprint density at radius 3 is 3.15 bits per heavy atom. The van der Waals surface area contributed by atoms with Gasteiger partial charge < -0.3 is 5.32 Å². The Morgan fingerprint density at radius 1 is 1.54 bits per heavy atom. The maximum atomic E-state index is 13.3. The van der Waals surface area contributed by atoms with Crippen LogP contribution in [-0.4, -0.2) is 6.54 Å². The summed E-state index contributed by atoms with van der Waals surface area (Å²) in [6, 6.07) is 5.33. The molecular weight excluding hydrogens is 165 g/mol. The molecule has 0 amide bonds. The third kappa shape index (κ3) is 1.38. The predicted octanol–water partition coefficient (Wildman–Crippen LogP) is 2.20. The summed E-state index contributed by atoms with van der Waals surface area (Å²) in [7, 11) is 0. The number of hydrogen-bond donors (Lipinski definition) is 1. The highest BCUT2D eigenvalue weighted by Gasteiger charge is 2.18. The lowest BCUT2D eigenvalue weighted by molar-refractivity contribution is 0.540. The third-order valence-corrected chi connectivity index (χ3v) is 2.47. The van der Waals surface area contributed by atoms with Crippen LogP contribution < -0.4 is 5.32 Å². The molecule has 1 aromatic rings. The lowest BCUT2D eigenvalue weighted by Gasteiger charge is -2.24. The van der Waals surface area contributed by atoms with Crippen molar-refractivity contribution in [1.82, 2.24) is 5.32 Å². The van der Waals surface area contributed by atoms with Gasteiger partial charge in [0.2, 0.25) is 0 Å². The third-order valence-electron chi connectivity index (χ3n) is 2.47. The van der Waals surface area contributed by atoms with Gasteiger partial charge in [-0.2, -0.15) is 0 Å². The normalized spacial score (nSPS) is 20.8. The van der Waals surface area contributed by atoms with E-state index in [1.807, 2.05) is 12.1 Å². The lowest BCUT2D eigenvalue weighted by Crippen LogP contribution is -2.29. The fraction of sp³-hybridized carbons (Fsp3) is 0.273. The largest absolute Gasteiger partial charge is 0.306 e. The van der Waals surface area contributed by atoms with E-state index in [0.717, 1.165) is 24.1 Å². The minimum absolute atomic E-state index is 0.0918. The Bertz CT molecular complexity index is 333. The van der Waals surface area contributed by atoms with Gasteiger partial charge in [0, 0.05) is 6.54 Å². The molecule has 0 bridgehead atoms. The van der Waals surface area contributed by atoms with Crippen molar-refractivity contribution in [3.63, 3.8) is 0 Å². The molecule has 1 heterocycles. The fourth-order valence-electron chi connectivity index (χ4n) is 1.80. The monoisotopic (exact) mass is 177 g/mol. The van der Waals surface area contributed by atoms with Gasteiger partial charge in [0.15, 0.2) is 0 Å². The molecule has 0 aromatic heterocycles. The molecule has 0 saturated heterocycles. The van der Waals surface area contributed by atoms with Gasteiger partial charge in [-0.05, 0) is 23.6 Å². The zero-order chi connectivity index (χ0) is 9.26. The number of benzene rings is 1. The minimum atomic E-state index is -0.0918. The molecule has 1 aromatic carbocycles. The Labute approximate surface area is 77.3 Å². The predicted molar refractivity (Wildman–Crippen MR) is 51.0 cm³/mol. The highest BCUT2D eigenvalue weighted by atomic mass is 19.1. The van der Waals surface area contributed by atoms with Crippen molar-refractivity contribution in [2.45, 2.75) is 12.5 Å². The molecule has 0 fully saturated rings. The van der Waals surface area contributed by atoms with E-state index in [1.54, 1.807) is 6.07 Å². The molecule has 2 heteroatoms. The van der Waals surface area contributed by atoms with Crippen LogP contribution in [0.2, 0.25) is 0 Å². The van der Waals surface area contributed by atoms with Crippen LogP contribution >= 0.6 is 0 Å². The summed E-state index contributed by atoms with van der Waals surface area (Å²) in [6.07, 6.45) is 2.59. The lowest BCUT2D eigenvalue weighted by atomic mass is 9.94. The molecule has 13 heavy (non-hydrogen) atoms. The van der Waals surface area contributed by atoms with E-state index in [-0.39, 0.29) is 11.9 Å². The molecule has 0 radical (unpaired) electrons. The zero-order valence-corrected chi connectivity index (χ0v) is 7.39. The maximum absolute atomic E-state index is 13.3. The summed E-state index contributed by atoms with van der Waals surface area (Å²) in [6.45, 7) is 4.55. The number of rotatable bonds is 1. The van der Waals surface area contributed by atoms with Crippen molar-refractivity contribution in [2.24, 2.45) is 0 Å². The fourth-order valence-corrected chi connectivity index (χ4v) is 1.80. The molecule has 1 nitrogen and oxygen atoms in total. The van der Waals surface area contributed by atoms with Crippen molar-refractivity contribution < 1.29 is 4.39 Å². The first-order valence-corrected chi connectivity index (χ1v) is 4.46. The van der Waals surface area contributed by atoms with Gasteiger partial charge in [0.05, 0.1) is 6.04 Å². The van der Waals surface area contributed by atoms with Gasteiger partial charge in [-0.1, -0.05) is 18.2 Å². The minimum Gasteiger partial charge on any atom is -0.306 e. The van der Waals surface area contributed by atoms with Crippen molar-refractivity contribution in [2.75, 3.05) is 6.54 Å². The van der Waals surface area contributed by atoms with Crippen molar-refractivity contribution in [3.05, 3.63) is 47.8 Å². The van der Waals surface area contributed by atoms with E-state index in [2.05, 4.69) is 11.9 Å². The van der Waals surface area contributed by atoms with Crippen molar-refractivity contribution in [3.8, 4) is 0 Å². The van der Waals surface area contributed by atoms with Crippen LogP contribution in [0.5, 0.6) is 0 Å². The summed E-state index contributed by atoms with van der Waals surface area (Å²) < 4.78 is 13.3. The number of hydrogen-bond acceptors (Lipinski definition) is 1. The van der Waals surface area contributed by atoms with Crippen LogP contribution in [0.25, 0.3) is 0 Å². The van der Waals surface area contributed by atoms with Gasteiger partial charge in [-0.15, -0.1) is 6.58 Å². The average molecular weight is 177 g/mol. The van der Waals surface area contributed by atoms with Gasteiger partial charge in [0.1, 0.15) is 5.82 Å². The average Bonchev–Trinajstić information content (AvgIpc) is 2.18. The van der Waals surface area contributed by atoms with Crippen LogP contribution in [0.1, 0.15) is 17.2 Å². The Balaban J connectivity index is 2.51. The first-order chi connectivity index (χ1) is 6.33. The van der Waals surface area contributed by atoms with Crippen LogP contribution in [-0.2, 0) is 6.42 Å². The van der Waals surface area contributed by atoms with E-state index >= 15 is 0 Å². The Hall–Kier alpha value is -1.15. The maximum Gasteiger partial charge on any atom is 0.126 e. The van der Waals surface area contributed by atoms with Gasteiger partial charge in [-0.3, -0.25) is 0 Å². The van der Waals surface area contributed by atoms with E-state index < -0.39 is 0 Å². The van der Waals surface area contributed by atoms with E-state index in [9.17, 15) is 4.39 Å². The first-order valence-electron chi connectivity index (χ1n) is 4.46. The van der Waals surface area contributed by atoms with Crippen LogP contribution in [0.3, 0.4) is 0 Å². The second-order valence-corrected chi connectivity index (χ2v) is 3.23. The highest BCUT2D eigenvalue weighted by Crippen LogP contribution is 2.25. The van der Waals surface area contributed by atoms with E-state index in [1.165, 1.54) is 6.07 Å². The number of nitrogens with one attached hydrogen (secondary N) is 1. The number of halogens is 1. The second kappa shape index (κ2) is 3.30. The zero-order valence-electron chi connectivity index (χ0n) is 7.39.